The summed E-state index contributed by atoms with van der Waals surface area (Å²) in [5, 5.41) is 10.5. The van der Waals surface area contributed by atoms with Gasteiger partial charge in [-0.05, 0) is 51.4 Å². The third-order valence-corrected chi connectivity index (χ3v) is 6.14. The number of aliphatic carboxylic acids is 1. The van der Waals surface area contributed by atoms with Crippen molar-refractivity contribution in [2.75, 3.05) is 0 Å². The molecule has 0 aliphatic heterocycles. The van der Waals surface area contributed by atoms with E-state index in [0.29, 0.717) is 27.2 Å². The van der Waals surface area contributed by atoms with Gasteiger partial charge in [-0.25, -0.2) is 0 Å². The van der Waals surface area contributed by atoms with Crippen LogP contribution in [0.5, 0.6) is 0 Å². The van der Waals surface area contributed by atoms with Gasteiger partial charge in [0.15, 0.2) is 0 Å². The molecule has 4 aromatic carbocycles. The molecule has 1 heterocycles. The maximum absolute atomic E-state index is 12.8. The van der Waals surface area contributed by atoms with Crippen molar-refractivity contribution in [1.82, 2.24) is 4.98 Å². The molecule has 4 nitrogen and oxygen atoms in total. The van der Waals surface area contributed by atoms with Crippen LogP contribution in [-0.2, 0) is 11.2 Å². The minimum Gasteiger partial charge on any atom is -0.481 e. The van der Waals surface area contributed by atoms with Crippen LogP contribution in [0.15, 0.2) is 102 Å². The van der Waals surface area contributed by atoms with E-state index in [2.05, 4.69) is 29.2 Å². The predicted molar refractivity (Wildman–Crippen MR) is 137 cm³/mol. The maximum Gasteiger partial charge on any atom is 0.307 e. The van der Waals surface area contributed by atoms with E-state index in [-0.39, 0.29) is 12.0 Å². The van der Waals surface area contributed by atoms with E-state index >= 15 is 0 Å². The molecule has 0 atom stereocenters. The molecular formula is C29H20ClNO3. The van der Waals surface area contributed by atoms with Gasteiger partial charge in [-0.3, -0.25) is 9.59 Å². The van der Waals surface area contributed by atoms with Crippen LogP contribution in [0.3, 0.4) is 0 Å². The second kappa shape index (κ2) is 9.00. The van der Waals surface area contributed by atoms with Crippen LogP contribution in [0.2, 0.25) is 5.02 Å². The summed E-state index contributed by atoms with van der Waals surface area (Å²) in [6.07, 6.45) is -0.0991. The second-order valence-corrected chi connectivity index (χ2v) is 8.55. The van der Waals surface area contributed by atoms with E-state index in [1.165, 1.54) is 0 Å². The lowest BCUT2D eigenvalue weighted by Gasteiger charge is -2.10. The van der Waals surface area contributed by atoms with Gasteiger partial charge < -0.3 is 10.1 Å². The molecule has 0 fully saturated rings. The highest BCUT2D eigenvalue weighted by Gasteiger charge is 2.12. The van der Waals surface area contributed by atoms with E-state index in [0.717, 1.165) is 27.6 Å². The first-order chi connectivity index (χ1) is 16.5. The number of rotatable bonds is 5. The second-order valence-electron chi connectivity index (χ2n) is 8.15. The van der Waals surface area contributed by atoms with E-state index in [1.54, 1.807) is 30.3 Å². The molecule has 2 N–H and O–H groups in total. The number of aromatic amines is 1. The average Bonchev–Trinajstić information content (AvgIpc) is 2.84. The van der Waals surface area contributed by atoms with Crippen molar-refractivity contribution in [2.45, 2.75) is 6.42 Å². The van der Waals surface area contributed by atoms with E-state index < -0.39 is 5.97 Å². The molecule has 5 heteroatoms. The Morgan fingerprint density at radius 2 is 1.38 bits per heavy atom. The number of pyridine rings is 1. The Kier molecular flexibility index (Phi) is 5.74. The summed E-state index contributed by atoms with van der Waals surface area (Å²) < 4.78 is 0. The van der Waals surface area contributed by atoms with Gasteiger partial charge in [0.2, 0.25) is 0 Å². The minimum absolute atomic E-state index is 0.0991. The molecule has 1 aromatic heterocycles. The molecule has 5 rings (SSSR count). The molecule has 166 valence electrons. The normalized spacial score (nSPS) is 11.0. The zero-order valence-corrected chi connectivity index (χ0v) is 18.8. The number of nitrogens with one attached hydrogen (secondary N) is 1. The summed E-state index contributed by atoms with van der Waals surface area (Å²) >= 11 is 6.60. The molecule has 0 saturated heterocycles. The van der Waals surface area contributed by atoms with E-state index in [4.69, 9.17) is 16.7 Å². The van der Waals surface area contributed by atoms with Gasteiger partial charge in [0.05, 0.1) is 11.4 Å². The van der Waals surface area contributed by atoms with Crippen molar-refractivity contribution < 1.29 is 9.90 Å². The Bertz CT molecular complexity index is 1570. The molecule has 0 aliphatic rings. The lowest BCUT2D eigenvalue weighted by Crippen LogP contribution is -2.09. The third kappa shape index (κ3) is 4.36. The van der Waals surface area contributed by atoms with Crippen LogP contribution in [0.1, 0.15) is 5.56 Å². The lowest BCUT2D eigenvalue weighted by molar-refractivity contribution is -0.136. The Balaban J connectivity index is 1.56. The minimum atomic E-state index is -0.915. The largest absolute Gasteiger partial charge is 0.481 e. The molecular weight excluding hydrogens is 446 g/mol. The van der Waals surface area contributed by atoms with Gasteiger partial charge in [0.25, 0.3) is 5.56 Å². The van der Waals surface area contributed by atoms with Gasteiger partial charge >= 0.3 is 5.97 Å². The van der Waals surface area contributed by atoms with E-state index in [9.17, 15) is 9.59 Å². The Morgan fingerprint density at radius 1 is 0.735 bits per heavy atom. The van der Waals surface area contributed by atoms with Crippen molar-refractivity contribution in [2.24, 2.45) is 0 Å². The third-order valence-electron chi connectivity index (χ3n) is 5.83. The highest BCUT2D eigenvalue weighted by atomic mass is 35.5. The fourth-order valence-electron chi connectivity index (χ4n) is 4.16. The van der Waals surface area contributed by atoms with Crippen molar-refractivity contribution in [3.05, 3.63) is 118 Å². The summed E-state index contributed by atoms with van der Waals surface area (Å²) in [6.45, 7) is 0. The summed E-state index contributed by atoms with van der Waals surface area (Å²) in [4.78, 5) is 26.8. The predicted octanol–water partition coefficient (Wildman–Crippen LogP) is 6.81. The number of benzene rings is 4. The molecule has 5 aromatic rings. The van der Waals surface area contributed by atoms with Crippen LogP contribution in [-0.4, -0.2) is 16.1 Å². The standard InChI is InChI=1S/C29H20ClNO3/c30-26-17-27-23(15-24(26)21-11-9-20(10-12-21)19-6-2-1-3-7-19)16-25(29(34)31-27)22-8-4-5-18(13-22)14-28(32)33/h1-13,15-17H,14H2,(H,31,34)(H,32,33). The first kappa shape index (κ1) is 21.7. The molecule has 0 radical (unpaired) electrons. The smallest absolute Gasteiger partial charge is 0.307 e. The molecule has 0 unspecified atom stereocenters. The molecule has 0 saturated carbocycles. The number of aromatic nitrogens is 1. The molecule has 34 heavy (non-hydrogen) atoms. The molecule has 0 amide bonds. The number of H-pyrrole nitrogens is 1. The van der Waals surface area contributed by atoms with Gasteiger partial charge in [0, 0.05) is 16.6 Å². The van der Waals surface area contributed by atoms with Crippen LogP contribution in [0, 0.1) is 0 Å². The number of hydrogen-bond acceptors (Lipinski definition) is 2. The Labute approximate surface area is 201 Å². The van der Waals surface area contributed by atoms with Crippen LogP contribution in [0.25, 0.3) is 44.3 Å². The summed E-state index contributed by atoms with van der Waals surface area (Å²) in [5.41, 5.74) is 6.29. The zero-order valence-electron chi connectivity index (χ0n) is 18.1. The Hall–Kier alpha value is -4.15. The summed E-state index contributed by atoms with van der Waals surface area (Å²) in [7, 11) is 0. The first-order valence-electron chi connectivity index (χ1n) is 10.8. The number of fused-ring (bicyclic) bond motifs is 1. The fourth-order valence-corrected chi connectivity index (χ4v) is 4.43. The topological polar surface area (TPSA) is 70.2 Å². The van der Waals surface area contributed by atoms with Crippen molar-refractivity contribution in [3.8, 4) is 33.4 Å². The van der Waals surface area contributed by atoms with Crippen LogP contribution >= 0.6 is 11.6 Å². The van der Waals surface area contributed by atoms with Crippen LogP contribution < -0.4 is 5.56 Å². The number of carboxylic acid groups (broad SMARTS) is 1. The van der Waals surface area contributed by atoms with Gasteiger partial charge in [-0.2, -0.15) is 0 Å². The molecule has 0 aliphatic carbocycles. The number of carbonyl (C=O) groups is 1. The molecule has 0 bridgehead atoms. The van der Waals surface area contributed by atoms with Crippen molar-refractivity contribution in [3.63, 3.8) is 0 Å². The zero-order chi connectivity index (χ0) is 23.7. The highest BCUT2D eigenvalue weighted by Crippen LogP contribution is 2.33. The van der Waals surface area contributed by atoms with Gasteiger partial charge in [0.1, 0.15) is 0 Å². The van der Waals surface area contributed by atoms with E-state index in [1.807, 2.05) is 42.5 Å². The quantitative estimate of drug-likeness (QED) is 0.299. The summed E-state index contributed by atoms with van der Waals surface area (Å²) in [6, 6.07) is 31.0. The summed E-state index contributed by atoms with van der Waals surface area (Å²) in [5.74, 6) is -0.915. The maximum atomic E-state index is 12.8. The molecule has 0 spiro atoms. The van der Waals surface area contributed by atoms with Crippen molar-refractivity contribution >= 4 is 28.5 Å². The fraction of sp³-hybridized carbons (Fsp3) is 0.0345. The van der Waals surface area contributed by atoms with Crippen molar-refractivity contribution in [1.29, 1.82) is 0 Å². The van der Waals surface area contributed by atoms with Crippen LogP contribution in [0.4, 0.5) is 0 Å². The lowest BCUT2D eigenvalue weighted by atomic mass is 9.97. The highest BCUT2D eigenvalue weighted by molar-refractivity contribution is 6.34. The monoisotopic (exact) mass is 465 g/mol. The van der Waals surface area contributed by atoms with Gasteiger partial charge in [-0.1, -0.05) is 90.5 Å². The average molecular weight is 466 g/mol. The number of carboxylic acids is 1. The van der Waals surface area contributed by atoms with Gasteiger partial charge in [-0.15, -0.1) is 0 Å². The SMILES string of the molecule is O=C(O)Cc1cccc(-c2cc3cc(-c4ccc(-c5ccccc5)cc4)c(Cl)cc3[nH]c2=O)c1. The first-order valence-corrected chi connectivity index (χ1v) is 11.2. The Morgan fingerprint density at radius 3 is 2.12 bits per heavy atom. The number of hydrogen-bond donors (Lipinski definition) is 2. The number of halogens is 1.